The predicted molar refractivity (Wildman–Crippen MR) is 57.6 cm³/mol. The molecule has 1 rings (SSSR count). The lowest BCUT2D eigenvalue weighted by Gasteiger charge is -2.35. The number of hydrogen-bond donors (Lipinski definition) is 1. The van der Waals surface area contributed by atoms with Crippen LogP contribution in [0.1, 0.15) is 33.6 Å². The lowest BCUT2D eigenvalue weighted by atomic mass is 10.1. The minimum atomic E-state index is -3.37. The fourth-order valence-electron chi connectivity index (χ4n) is 2.21. The van der Waals surface area contributed by atoms with Gasteiger partial charge in [0, 0.05) is 0 Å². The Balaban J connectivity index is 3.24. The Labute approximate surface area is 90.9 Å². The van der Waals surface area contributed by atoms with E-state index in [1.54, 1.807) is 6.92 Å². The molecule has 1 saturated heterocycles. The molecule has 0 aliphatic carbocycles. The third kappa shape index (κ3) is 1.88. The molecule has 1 aliphatic heterocycles. The topological polar surface area (TPSA) is 66.5 Å². The minimum Gasteiger partial charge on any atom is -0.336 e. The fraction of sp³-hybridized carbons (Fsp3) is 0.889. The first-order valence-electron chi connectivity index (χ1n) is 5.10. The van der Waals surface area contributed by atoms with Gasteiger partial charge in [-0.3, -0.25) is 4.79 Å². The largest absolute Gasteiger partial charge is 0.336 e. The predicted octanol–water partition coefficient (Wildman–Crippen LogP) is 0.283. The van der Waals surface area contributed by atoms with Gasteiger partial charge < -0.3 is 5.32 Å². The zero-order valence-corrected chi connectivity index (χ0v) is 10.4. The summed E-state index contributed by atoms with van der Waals surface area (Å²) in [5.41, 5.74) is -0.732. The number of carbonyl (C=O) groups is 1. The van der Waals surface area contributed by atoms with Crippen LogP contribution in [0.2, 0.25) is 0 Å². The molecule has 5 nitrogen and oxygen atoms in total. The number of amides is 1. The van der Waals surface area contributed by atoms with Crippen LogP contribution in [0.25, 0.3) is 0 Å². The van der Waals surface area contributed by atoms with E-state index in [0.717, 1.165) is 6.26 Å². The first kappa shape index (κ1) is 12.4. The smallest absolute Gasteiger partial charge is 0.239 e. The van der Waals surface area contributed by atoms with Gasteiger partial charge >= 0.3 is 0 Å². The highest BCUT2D eigenvalue weighted by Crippen LogP contribution is 2.31. The molecule has 1 N–H and O–H groups in total. The van der Waals surface area contributed by atoms with Crippen LogP contribution in [0.15, 0.2) is 0 Å². The summed E-state index contributed by atoms with van der Waals surface area (Å²) >= 11 is 0. The summed E-state index contributed by atoms with van der Waals surface area (Å²) in [5.74, 6) is -0.218. The number of carbonyl (C=O) groups excluding carboxylic acids is 1. The maximum Gasteiger partial charge on any atom is 0.239 e. The summed E-state index contributed by atoms with van der Waals surface area (Å²) in [7, 11) is -3.37. The summed E-state index contributed by atoms with van der Waals surface area (Å²) in [4.78, 5) is 11.5. The molecule has 1 atom stereocenters. The maximum absolute atomic E-state index is 11.7. The Morgan fingerprint density at radius 2 is 1.87 bits per heavy atom. The summed E-state index contributed by atoms with van der Waals surface area (Å²) < 4.78 is 24.6. The number of nitrogens with one attached hydrogen (secondary N) is 1. The van der Waals surface area contributed by atoms with Gasteiger partial charge in [0.25, 0.3) is 0 Å². The van der Waals surface area contributed by atoms with Crippen molar-refractivity contribution in [2.24, 2.45) is 0 Å². The quantitative estimate of drug-likeness (QED) is 0.763. The Kier molecular flexibility index (Phi) is 3.11. The minimum absolute atomic E-state index is 0.218. The van der Waals surface area contributed by atoms with Crippen LogP contribution in [0.5, 0.6) is 0 Å². The van der Waals surface area contributed by atoms with E-state index in [1.807, 2.05) is 13.8 Å². The molecule has 0 bridgehead atoms. The SMILES string of the molecule is CCC1(CC)NC(=O)C(C)N1S(C)(=O)=O. The van der Waals surface area contributed by atoms with Gasteiger partial charge in [0.2, 0.25) is 15.9 Å². The van der Waals surface area contributed by atoms with Crippen molar-refractivity contribution in [3.05, 3.63) is 0 Å². The highest BCUT2D eigenvalue weighted by Gasteiger charge is 2.51. The van der Waals surface area contributed by atoms with Gasteiger partial charge in [0.05, 0.1) is 6.26 Å². The molecule has 15 heavy (non-hydrogen) atoms. The van der Waals surface area contributed by atoms with Gasteiger partial charge in [-0.2, -0.15) is 4.31 Å². The molecular formula is C9H18N2O3S. The summed E-state index contributed by atoms with van der Waals surface area (Å²) in [6.45, 7) is 5.36. The van der Waals surface area contributed by atoms with Crippen molar-refractivity contribution in [1.29, 1.82) is 0 Å². The second-order valence-electron chi connectivity index (χ2n) is 3.96. The Bertz CT molecular complexity index is 360. The standard InChI is InChI=1S/C9H18N2O3S/c1-5-9(6-2)10-8(12)7(3)11(9)15(4,13)14/h7H,5-6H2,1-4H3,(H,10,12). The Hall–Kier alpha value is -0.620. The van der Waals surface area contributed by atoms with E-state index in [0.29, 0.717) is 12.8 Å². The molecule has 0 aromatic heterocycles. The van der Waals surface area contributed by atoms with Crippen molar-refractivity contribution < 1.29 is 13.2 Å². The molecule has 1 heterocycles. The molecule has 1 amide bonds. The monoisotopic (exact) mass is 234 g/mol. The van der Waals surface area contributed by atoms with E-state index in [1.165, 1.54) is 4.31 Å². The molecule has 0 spiro atoms. The van der Waals surface area contributed by atoms with Crippen LogP contribution in [0, 0.1) is 0 Å². The van der Waals surface area contributed by atoms with Crippen LogP contribution < -0.4 is 5.32 Å². The lowest BCUT2D eigenvalue weighted by Crippen LogP contribution is -2.53. The lowest BCUT2D eigenvalue weighted by molar-refractivity contribution is -0.120. The second kappa shape index (κ2) is 3.75. The molecule has 0 aromatic carbocycles. The zero-order chi connectivity index (χ0) is 11.9. The van der Waals surface area contributed by atoms with E-state index in [-0.39, 0.29) is 5.91 Å². The zero-order valence-electron chi connectivity index (χ0n) is 9.57. The van der Waals surface area contributed by atoms with Gasteiger partial charge in [0.1, 0.15) is 11.7 Å². The molecule has 1 fully saturated rings. The van der Waals surface area contributed by atoms with Crippen molar-refractivity contribution in [2.45, 2.75) is 45.3 Å². The number of hydrogen-bond acceptors (Lipinski definition) is 3. The van der Waals surface area contributed by atoms with Gasteiger partial charge in [-0.05, 0) is 19.8 Å². The fourth-order valence-corrected chi connectivity index (χ4v) is 3.82. The molecule has 0 aromatic rings. The van der Waals surface area contributed by atoms with Crippen LogP contribution in [-0.2, 0) is 14.8 Å². The molecular weight excluding hydrogens is 216 g/mol. The maximum atomic E-state index is 11.7. The third-order valence-electron chi connectivity index (χ3n) is 3.04. The van der Waals surface area contributed by atoms with E-state index in [2.05, 4.69) is 5.32 Å². The van der Waals surface area contributed by atoms with Crippen molar-refractivity contribution in [3.63, 3.8) is 0 Å². The van der Waals surface area contributed by atoms with E-state index in [9.17, 15) is 13.2 Å². The average Bonchev–Trinajstić information content (AvgIpc) is 2.39. The first-order valence-corrected chi connectivity index (χ1v) is 6.95. The number of sulfonamides is 1. The molecule has 1 aliphatic rings. The summed E-state index contributed by atoms with van der Waals surface area (Å²) in [6, 6.07) is -0.611. The number of nitrogens with zero attached hydrogens (tertiary/aromatic N) is 1. The van der Waals surface area contributed by atoms with Gasteiger partial charge in [-0.1, -0.05) is 13.8 Å². The molecule has 1 unspecified atom stereocenters. The van der Waals surface area contributed by atoms with Crippen molar-refractivity contribution >= 4 is 15.9 Å². The van der Waals surface area contributed by atoms with Crippen LogP contribution in [-0.4, -0.2) is 36.6 Å². The van der Waals surface area contributed by atoms with Crippen LogP contribution in [0.4, 0.5) is 0 Å². The molecule has 6 heteroatoms. The molecule has 88 valence electrons. The highest BCUT2D eigenvalue weighted by atomic mass is 32.2. The van der Waals surface area contributed by atoms with Gasteiger partial charge in [0.15, 0.2) is 0 Å². The van der Waals surface area contributed by atoms with Crippen molar-refractivity contribution in [3.8, 4) is 0 Å². The van der Waals surface area contributed by atoms with Crippen molar-refractivity contribution in [2.75, 3.05) is 6.26 Å². The Morgan fingerprint density at radius 3 is 2.13 bits per heavy atom. The van der Waals surface area contributed by atoms with Gasteiger partial charge in [-0.15, -0.1) is 0 Å². The summed E-state index contributed by atoms with van der Waals surface area (Å²) in [5, 5.41) is 2.78. The highest BCUT2D eigenvalue weighted by molar-refractivity contribution is 7.88. The normalized spacial score (nSPS) is 26.7. The van der Waals surface area contributed by atoms with Crippen molar-refractivity contribution in [1.82, 2.24) is 9.62 Å². The average molecular weight is 234 g/mol. The summed E-state index contributed by atoms with van der Waals surface area (Å²) in [6.07, 6.45) is 2.29. The second-order valence-corrected chi connectivity index (χ2v) is 5.82. The molecule has 0 radical (unpaired) electrons. The van der Waals surface area contributed by atoms with E-state index < -0.39 is 21.7 Å². The first-order chi connectivity index (χ1) is 6.78. The van der Waals surface area contributed by atoms with E-state index in [4.69, 9.17) is 0 Å². The Morgan fingerprint density at radius 1 is 1.40 bits per heavy atom. The van der Waals surface area contributed by atoms with Gasteiger partial charge in [-0.25, -0.2) is 8.42 Å². The third-order valence-corrected chi connectivity index (χ3v) is 4.42. The van der Waals surface area contributed by atoms with Crippen LogP contribution >= 0.6 is 0 Å². The molecule has 0 saturated carbocycles. The number of rotatable bonds is 3. The van der Waals surface area contributed by atoms with E-state index >= 15 is 0 Å². The van der Waals surface area contributed by atoms with Crippen LogP contribution in [0.3, 0.4) is 0 Å².